The average molecular weight is 300 g/mol. The summed E-state index contributed by atoms with van der Waals surface area (Å²) in [7, 11) is 0. The summed E-state index contributed by atoms with van der Waals surface area (Å²) < 4.78 is 5.38. The summed E-state index contributed by atoms with van der Waals surface area (Å²) in [6.07, 6.45) is 2.31. The molecule has 0 spiro atoms. The zero-order chi connectivity index (χ0) is 12.4. The fraction of sp³-hybridized carbons (Fsp3) is 0.462. The van der Waals surface area contributed by atoms with Crippen molar-refractivity contribution in [2.75, 3.05) is 13.1 Å². The third kappa shape index (κ3) is 3.57. The molecule has 2 aromatic heterocycles. The molecular weight excluding hydrogens is 282 g/mol. The normalized spacial score (nSPS) is 20.2. The number of hydrogen-bond donors (Lipinski definition) is 1. The monoisotopic (exact) mass is 299 g/mol. The molecule has 1 saturated heterocycles. The minimum Gasteiger partial charge on any atom is -0.355 e. The first-order valence-electron chi connectivity index (χ1n) is 6.28. The van der Waals surface area contributed by atoms with Crippen LogP contribution in [0.1, 0.15) is 18.5 Å². The number of aromatic nitrogens is 1. The van der Waals surface area contributed by atoms with E-state index in [2.05, 4.69) is 10.1 Å². The summed E-state index contributed by atoms with van der Waals surface area (Å²) in [6, 6.07) is 6.41. The van der Waals surface area contributed by atoms with E-state index >= 15 is 0 Å². The molecule has 2 aromatic rings. The molecule has 6 heteroatoms. The van der Waals surface area contributed by atoms with Crippen molar-refractivity contribution in [3.05, 3.63) is 29.3 Å². The van der Waals surface area contributed by atoms with Crippen molar-refractivity contribution < 1.29 is 4.52 Å². The predicted molar refractivity (Wildman–Crippen MR) is 79.6 cm³/mol. The summed E-state index contributed by atoms with van der Waals surface area (Å²) >= 11 is 1.67. The van der Waals surface area contributed by atoms with Crippen molar-refractivity contribution in [2.24, 2.45) is 5.73 Å². The maximum Gasteiger partial charge on any atom is 0.177 e. The minimum atomic E-state index is 0. The van der Waals surface area contributed by atoms with Crippen LogP contribution in [0.25, 0.3) is 10.6 Å². The van der Waals surface area contributed by atoms with Crippen molar-refractivity contribution in [3.63, 3.8) is 0 Å². The Bertz CT molecular complexity index is 500. The Morgan fingerprint density at radius 3 is 3.16 bits per heavy atom. The summed E-state index contributed by atoms with van der Waals surface area (Å²) in [5.74, 6) is 0.862. The largest absolute Gasteiger partial charge is 0.355 e. The SMILES string of the molecule is Cl.NC1CCCN(Cc2cc(-c3cccs3)on2)C1. The molecule has 3 rings (SSSR count). The zero-order valence-electron chi connectivity index (χ0n) is 10.6. The Balaban J connectivity index is 0.00000133. The average Bonchev–Trinajstić information content (AvgIpc) is 2.98. The van der Waals surface area contributed by atoms with Gasteiger partial charge in [0.1, 0.15) is 0 Å². The molecule has 0 aromatic carbocycles. The highest BCUT2D eigenvalue weighted by molar-refractivity contribution is 7.13. The number of rotatable bonds is 3. The van der Waals surface area contributed by atoms with Crippen LogP contribution in [0.3, 0.4) is 0 Å². The topological polar surface area (TPSA) is 55.3 Å². The van der Waals surface area contributed by atoms with Gasteiger partial charge in [0.05, 0.1) is 10.6 Å². The van der Waals surface area contributed by atoms with E-state index in [0.29, 0.717) is 6.04 Å². The molecular formula is C13H18ClN3OS. The van der Waals surface area contributed by atoms with Crippen molar-refractivity contribution in [1.29, 1.82) is 0 Å². The maximum atomic E-state index is 5.98. The van der Waals surface area contributed by atoms with Crippen LogP contribution < -0.4 is 5.73 Å². The van der Waals surface area contributed by atoms with Gasteiger partial charge in [-0.2, -0.15) is 0 Å². The quantitative estimate of drug-likeness (QED) is 0.947. The summed E-state index contributed by atoms with van der Waals surface area (Å²) in [5.41, 5.74) is 6.97. The lowest BCUT2D eigenvalue weighted by molar-refractivity contribution is 0.196. The molecule has 1 unspecified atom stereocenters. The van der Waals surface area contributed by atoms with Crippen molar-refractivity contribution >= 4 is 23.7 Å². The van der Waals surface area contributed by atoms with E-state index in [0.717, 1.165) is 42.4 Å². The Morgan fingerprint density at radius 1 is 1.53 bits per heavy atom. The van der Waals surface area contributed by atoms with E-state index in [1.165, 1.54) is 6.42 Å². The highest BCUT2D eigenvalue weighted by Gasteiger charge is 2.18. The Kier molecular flexibility index (Phi) is 4.99. The second-order valence-corrected chi connectivity index (χ2v) is 5.74. The lowest BCUT2D eigenvalue weighted by Crippen LogP contribution is -2.42. The second-order valence-electron chi connectivity index (χ2n) is 4.80. The maximum absolute atomic E-state index is 5.98. The van der Waals surface area contributed by atoms with E-state index < -0.39 is 0 Å². The van der Waals surface area contributed by atoms with Gasteiger partial charge in [0.15, 0.2) is 5.76 Å². The first-order chi connectivity index (χ1) is 8.81. The summed E-state index contributed by atoms with van der Waals surface area (Å²) in [6.45, 7) is 2.90. The number of likely N-dealkylation sites (tertiary alicyclic amines) is 1. The van der Waals surface area contributed by atoms with Crippen LogP contribution in [0.2, 0.25) is 0 Å². The number of hydrogen-bond acceptors (Lipinski definition) is 5. The first-order valence-corrected chi connectivity index (χ1v) is 7.16. The third-order valence-electron chi connectivity index (χ3n) is 3.25. The Morgan fingerprint density at radius 2 is 2.42 bits per heavy atom. The van der Waals surface area contributed by atoms with Crippen LogP contribution in [-0.2, 0) is 6.54 Å². The molecule has 4 nitrogen and oxygen atoms in total. The van der Waals surface area contributed by atoms with Gasteiger partial charge in [0, 0.05) is 25.2 Å². The van der Waals surface area contributed by atoms with Gasteiger partial charge in [-0.05, 0) is 30.8 Å². The molecule has 0 saturated carbocycles. The summed E-state index contributed by atoms with van der Waals surface area (Å²) in [4.78, 5) is 3.48. The lowest BCUT2D eigenvalue weighted by atomic mass is 10.1. The Labute approximate surface area is 123 Å². The molecule has 0 aliphatic carbocycles. The van der Waals surface area contributed by atoms with Gasteiger partial charge in [-0.3, -0.25) is 4.90 Å². The van der Waals surface area contributed by atoms with E-state index in [1.54, 1.807) is 11.3 Å². The number of nitrogens with two attached hydrogens (primary N) is 1. The molecule has 1 atom stereocenters. The standard InChI is InChI=1S/C13H17N3OS.ClH/c14-10-3-1-5-16(8-10)9-11-7-12(17-15-11)13-4-2-6-18-13;/h2,4,6-7,10H,1,3,5,8-9,14H2;1H. The van der Waals surface area contributed by atoms with Gasteiger partial charge in [0.2, 0.25) is 0 Å². The fourth-order valence-corrected chi connectivity index (χ4v) is 3.06. The van der Waals surface area contributed by atoms with E-state index in [4.69, 9.17) is 10.3 Å². The van der Waals surface area contributed by atoms with Gasteiger partial charge >= 0.3 is 0 Å². The molecule has 104 valence electrons. The van der Waals surface area contributed by atoms with Gasteiger partial charge in [-0.15, -0.1) is 23.7 Å². The van der Waals surface area contributed by atoms with Crippen LogP contribution >= 0.6 is 23.7 Å². The minimum absolute atomic E-state index is 0. The molecule has 3 heterocycles. The van der Waals surface area contributed by atoms with Crippen LogP contribution in [0.4, 0.5) is 0 Å². The van der Waals surface area contributed by atoms with Crippen molar-refractivity contribution in [3.8, 4) is 10.6 Å². The highest BCUT2D eigenvalue weighted by Crippen LogP contribution is 2.25. The number of piperidine rings is 1. The van der Waals surface area contributed by atoms with Crippen LogP contribution in [0.15, 0.2) is 28.1 Å². The first kappa shape index (κ1) is 14.5. The molecule has 1 aliphatic heterocycles. The number of halogens is 1. The molecule has 0 radical (unpaired) electrons. The van der Waals surface area contributed by atoms with E-state index in [9.17, 15) is 0 Å². The van der Waals surface area contributed by atoms with Crippen LogP contribution in [0.5, 0.6) is 0 Å². The number of thiophene rings is 1. The molecule has 19 heavy (non-hydrogen) atoms. The van der Waals surface area contributed by atoms with Gasteiger partial charge in [0.25, 0.3) is 0 Å². The molecule has 1 aliphatic rings. The van der Waals surface area contributed by atoms with Crippen LogP contribution in [-0.4, -0.2) is 29.2 Å². The molecule has 0 bridgehead atoms. The smallest absolute Gasteiger partial charge is 0.177 e. The van der Waals surface area contributed by atoms with Gasteiger partial charge < -0.3 is 10.3 Å². The fourth-order valence-electron chi connectivity index (χ4n) is 2.39. The summed E-state index contributed by atoms with van der Waals surface area (Å²) in [5, 5.41) is 6.18. The third-order valence-corrected chi connectivity index (χ3v) is 4.13. The lowest BCUT2D eigenvalue weighted by Gasteiger charge is -2.29. The Hall–Kier alpha value is -0.880. The van der Waals surface area contributed by atoms with Crippen molar-refractivity contribution in [1.82, 2.24) is 10.1 Å². The van der Waals surface area contributed by atoms with Crippen molar-refractivity contribution in [2.45, 2.75) is 25.4 Å². The highest BCUT2D eigenvalue weighted by atomic mass is 35.5. The second kappa shape index (κ2) is 6.52. The molecule has 0 amide bonds. The van der Waals surface area contributed by atoms with E-state index in [1.807, 2.05) is 23.6 Å². The van der Waals surface area contributed by atoms with Gasteiger partial charge in [-0.25, -0.2) is 0 Å². The molecule has 2 N–H and O–H groups in total. The van der Waals surface area contributed by atoms with Gasteiger partial charge in [-0.1, -0.05) is 11.2 Å². The van der Waals surface area contributed by atoms with Crippen LogP contribution in [0, 0.1) is 0 Å². The predicted octanol–water partition coefficient (Wildman–Crippen LogP) is 2.75. The van der Waals surface area contributed by atoms with E-state index in [-0.39, 0.29) is 12.4 Å². The number of nitrogens with zero attached hydrogens (tertiary/aromatic N) is 2. The molecule has 1 fully saturated rings. The zero-order valence-corrected chi connectivity index (χ0v) is 12.3.